The van der Waals surface area contributed by atoms with E-state index in [1.165, 1.54) is 0 Å². The van der Waals surface area contributed by atoms with Crippen molar-refractivity contribution in [2.45, 2.75) is 13.0 Å². The van der Waals surface area contributed by atoms with Gasteiger partial charge in [-0.25, -0.2) is 0 Å². The average Bonchev–Trinajstić information content (AvgIpc) is 2.77. The molecule has 15 heavy (non-hydrogen) atoms. The van der Waals surface area contributed by atoms with Gasteiger partial charge in [-0.2, -0.15) is 0 Å². The number of nitrogens with zero attached hydrogens (tertiary/aromatic N) is 1. The molecule has 5 heteroatoms. The Morgan fingerprint density at radius 1 is 1.67 bits per heavy atom. The maximum absolute atomic E-state index is 11.5. The van der Waals surface area contributed by atoms with Crippen LogP contribution in [-0.4, -0.2) is 23.3 Å². The molecule has 2 rings (SSSR count). The van der Waals surface area contributed by atoms with Crippen LogP contribution >= 0.6 is 0 Å². The van der Waals surface area contributed by atoms with Gasteiger partial charge in [0.15, 0.2) is 0 Å². The summed E-state index contributed by atoms with van der Waals surface area (Å²) in [5.41, 5.74) is 5.15. The molecule has 0 bridgehead atoms. The van der Waals surface area contributed by atoms with Crippen LogP contribution in [-0.2, 0) is 16.1 Å². The first kappa shape index (κ1) is 9.76. The van der Waals surface area contributed by atoms with Gasteiger partial charge in [0.05, 0.1) is 18.7 Å². The summed E-state index contributed by atoms with van der Waals surface area (Å²) in [5, 5.41) is 0. The second-order valence-corrected chi connectivity index (χ2v) is 3.66. The molecule has 5 nitrogen and oxygen atoms in total. The average molecular weight is 208 g/mol. The molecule has 0 radical (unpaired) electrons. The fourth-order valence-electron chi connectivity index (χ4n) is 1.71. The van der Waals surface area contributed by atoms with E-state index in [2.05, 4.69) is 0 Å². The van der Waals surface area contributed by atoms with E-state index in [1.807, 2.05) is 0 Å². The SMILES string of the molecule is NC(=O)[C@H]1CC(=O)N(Cc2ccco2)C1. The Bertz CT molecular complexity index is 372. The predicted molar refractivity (Wildman–Crippen MR) is 51.4 cm³/mol. The molecule has 1 aliphatic heterocycles. The summed E-state index contributed by atoms with van der Waals surface area (Å²) in [7, 11) is 0. The van der Waals surface area contributed by atoms with Crippen LogP contribution in [0.3, 0.4) is 0 Å². The summed E-state index contributed by atoms with van der Waals surface area (Å²) < 4.78 is 5.13. The van der Waals surface area contributed by atoms with E-state index in [-0.39, 0.29) is 18.2 Å². The van der Waals surface area contributed by atoms with Crippen LogP contribution in [0.5, 0.6) is 0 Å². The molecular formula is C10H12N2O3. The number of nitrogens with two attached hydrogens (primary N) is 1. The lowest BCUT2D eigenvalue weighted by atomic mass is 10.1. The number of hydrogen-bond donors (Lipinski definition) is 1. The zero-order chi connectivity index (χ0) is 10.8. The summed E-state index contributed by atoms with van der Waals surface area (Å²) in [4.78, 5) is 24.0. The van der Waals surface area contributed by atoms with Crippen LogP contribution in [0, 0.1) is 5.92 Å². The largest absolute Gasteiger partial charge is 0.467 e. The third-order valence-electron chi connectivity index (χ3n) is 2.54. The molecule has 1 atom stereocenters. The lowest BCUT2D eigenvalue weighted by molar-refractivity contribution is -0.129. The molecular weight excluding hydrogens is 196 g/mol. The Hall–Kier alpha value is -1.78. The topological polar surface area (TPSA) is 76.5 Å². The second kappa shape index (κ2) is 3.76. The van der Waals surface area contributed by atoms with Gasteiger partial charge >= 0.3 is 0 Å². The quantitative estimate of drug-likeness (QED) is 0.766. The molecule has 1 aromatic heterocycles. The number of rotatable bonds is 3. The van der Waals surface area contributed by atoms with E-state index < -0.39 is 5.91 Å². The predicted octanol–water partition coefficient (Wildman–Crippen LogP) is 0.113. The number of primary amides is 1. The molecule has 0 unspecified atom stereocenters. The van der Waals surface area contributed by atoms with Crippen molar-refractivity contribution in [1.82, 2.24) is 4.90 Å². The maximum atomic E-state index is 11.5. The molecule has 1 saturated heterocycles. The fraction of sp³-hybridized carbons (Fsp3) is 0.400. The third-order valence-corrected chi connectivity index (χ3v) is 2.54. The van der Waals surface area contributed by atoms with Crippen LogP contribution in [0.15, 0.2) is 22.8 Å². The number of hydrogen-bond acceptors (Lipinski definition) is 3. The Kier molecular flexibility index (Phi) is 2.45. The van der Waals surface area contributed by atoms with Gasteiger partial charge in [-0.3, -0.25) is 9.59 Å². The fourth-order valence-corrected chi connectivity index (χ4v) is 1.71. The van der Waals surface area contributed by atoms with Gasteiger partial charge in [0, 0.05) is 13.0 Å². The third kappa shape index (κ3) is 2.01. The normalized spacial score (nSPS) is 20.9. The molecule has 0 spiro atoms. The first-order valence-corrected chi connectivity index (χ1v) is 4.76. The van der Waals surface area contributed by atoms with Gasteiger partial charge in [0.1, 0.15) is 5.76 Å². The van der Waals surface area contributed by atoms with Gasteiger partial charge in [-0.1, -0.05) is 0 Å². The van der Waals surface area contributed by atoms with E-state index in [4.69, 9.17) is 10.2 Å². The zero-order valence-electron chi connectivity index (χ0n) is 8.18. The Morgan fingerprint density at radius 3 is 3.00 bits per heavy atom. The molecule has 1 aromatic rings. The highest BCUT2D eigenvalue weighted by atomic mass is 16.3. The summed E-state index contributed by atoms with van der Waals surface area (Å²) in [6.07, 6.45) is 1.78. The maximum Gasteiger partial charge on any atom is 0.223 e. The van der Waals surface area contributed by atoms with Crippen molar-refractivity contribution in [2.75, 3.05) is 6.54 Å². The van der Waals surface area contributed by atoms with Gasteiger partial charge in [-0.15, -0.1) is 0 Å². The first-order chi connectivity index (χ1) is 7.16. The number of furan rings is 1. The molecule has 80 valence electrons. The molecule has 1 aliphatic rings. The minimum atomic E-state index is -0.412. The number of likely N-dealkylation sites (tertiary alicyclic amines) is 1. The summed E-state index contributed by atoms with van der Waals surface area (Å²) >= 11 is 0. The molecule has 0 saturated carbocycles. The number of amides is 2. The monoisotopic (exact) mass is 208 g/mol. The molecule has 2 amide bonds. The van der Waals surface area contributed by atoms with E-state index in [0.29, 0.717) is 18.8 Å². The van der Waals surface area contributed by atoms with Crippen LogP contribution < -0.4 is 5.73 Å². The Labute approximate surface area is 86.8 Å². The van der Waals surface area contributed by atoms with Crippen molar-refractivity contribution in [3.05, 3.63) is 24.2 Å². The lowest BCUT2D eigenvalue weighted by Gasteiger charge is -2.13. The van der Waals surface area contributed by atoms with E-state index >= 15 is 0 Å². The van der Waals surface area contributed by atoms with Crippen LogP contribution in [0.1, 0.15) is 12.2 Å². The van der Waals surface area contributed by atoms with Gasteiger partial charge < -0.3 is 15.1 Å². The Balaban J connectivity index is 2.00. The van der Waals surface area contributed by atoms with Gasteiger partial charge in [0.25, 0.3) is 0 Å². The molecule has 2 N–H and O–H groups in total. The second-order valence-electron chi connectivity index (χ2n) is 3.66. The zero-order valence-corrected chi connectivity index (χ0v) is 8.18. The number of carbonyl (C=O) groups excluding carboxylic acids is 2. The van der Waals surface area contributed by atoms with Gasteiger partial charge in [-0.05, 0) is 12.1 Å². The molecule has 1 fully saturated rings. The summed E-state index contributed by atoms with van der Waals surface area (Å²) in [6.45, 7) is 0.810. The lowest BCUT2D eigenvalue weighted by Crippen LogP contribution is -2.28. The van der Waals surface area contributed by atoms with Crippen molar-refractivity contribution in [1.29, 1.82) is 0 Å². The minimum Gasteiger partial charge on any atom is -0.467 e. The van der Waals surface area contributed by atoms with Crippen LogP contribution in [0.4, 0.5) is 0 Å². The first-order valence-electron chi connectivity index (χ1n) is 4.76. The molecule has 0 aliphatic carbocycles. The summed E-state index contributed by atoms with van der Waals surface area (Å²) in [6, 6.07) is 3.56. The smallest absolute Gasteiger partial charge is 0.223 e. The van der Waals surface area contributed by atoms with E-state index in [9.17, 15) is 9.59 Å². The van der Waals surface area contributed by atoms with E-state index in [1.54, 1.807) is 23.3 Å². The van der Waals surface area contributed by atoms with E-state index in [0.717, 1.165) is 0 Å². The molecule has 2 heterocycles. The number of carbonyl (C=O) groups is 2. The highest BCUT2D eigenvalue weighted by molar-refractivity contribution is 5.88. The van der Waals surface area contributed by atoms with Crippen molar-refractivity contribution in [3.8, 4) is 0 Å². The Morgan fingerprint density at radius 2 is 2.47 bits per heavy atom. The molecule has 0 aromatic carbocycles. The van der Waals surface area contributed by atoms with Crippen molar-refractivity contribution in [2.24, 2.45) is 11.7 Å². The highest BCUT2D eigenvalue weighted by Gasteiger charge is 2.33. The highest BCUT2D eigenvalue weighted by Crippen LogP contribution is 2.19. The standard InChI is InChI=1S/C10H12N2O3/c11-10(14)7-4-9(13)12(5-7)6-8-2-1-3-15-8/h1-3,7H,4-6H2,(H2,11,14)/t7-/m0/s1. The summed E-state index contributed by atoms with van der Waals surface area (Å²) in [5.74, 6) is -0.0959. The van der Waals surface area contributed by atoms with Gasteiger partial charge in [0.2, 0.25) is 11.8 Å². The van der Waals surface area contributed by atoms with Crippen LogP contribution in [0.2, 0.25) is 0 Å². The van der Waals surface area contributed by atoms with Crippen molar-refractivity contribution in [3.63, 3.8) is 0 Å². The van der Waals surface area contributed by atoms with Crippen molar-refractivity contribution >= 4 is 11.8 Å². The van der Waals surface area contributed by atoms with Crippen molar-refractivity contribution < 1.29 is 14.0 Å². The minimum absolute atomic E-state index is 0.0461. The van der Waals surface area contributed by atoms with Crippen LogP contribution in [0.25, 0.3) is 0 Å².